The van der Waals surface area contributed by atoms with Crippen molar-refractivity contribution in [2.45, 2.75) is 71.4 Å². The number of imidazole rings is 1. The number of carbonyl (C=O) groups excluding carboxylic acids is 2. The number of fused-ring (bicyclic) bond motifs is 2. The van der Waals surface area contributed by atoms with E-state index in [9.17, 15) is 14.2 Å². The summed E-state index contributed by atoms with van der Waals surface area (Å²) < 4.78 is 54.5. The Hall–Kier alpha value is -2.72. The van der Waals surface area contributed by atoms with Gasteiger partial charge >= 0.3 is 7.82 Å². The lowest BCUT2D eigenvalue weighted by Crippen LogP contribution is -2.56. The zero-order valence-electron chi connectivity index (χ0n) is 24.2. The number of phosphoric acid groups is 1. The van der Waals surface area contributed by atoms with Crippen molar-refractivity contribution in [3.63, 3.8) is 0 Å². The Morgan fingerprint density at radius 1 is 1.31 bits per heavy atom. The fraction of sp³-hybridized carbons (Fsp3) is 0.720. The van der Waals surface area contributed by atoms with E-state index < -0.39 is 49.5 Å². The third-order valence-electron chi connectivity index (χ3n) is 7.17. The minimum atomic E-state index is -4.02. The summed E-state index contributed by atoms with van der Waals surface area (Å²) in [6, 6.07) is 0. The predicted octanol–water partition coefficient (Wildman–Crippen LogP) is 1.74. The van der Waals surface area contributed by atoms with Crippen LogP contribution in [-0.2, 0) is 41.9 Å². The first-order valence-electron chi connectivity index (χ1n) is 13.8. The van der Waals surface area contributed by atoms with Crippen LogP contribution in [0.25, 0.3) is 11.2 Å². The Morgan fingerprint density at radius 3 is 2.83 bits per heavy atom. The van der Waals surface area contributed by atoms with Gasteiger partial charge in [-0.05, 0) is 27.2 Å². The second-order valence-corrected chi connectivity index (χ2v) is 13.0. The van der Waals surface area contributed by atoms with Crippen molar-refractivity contribution in [2.24, 2.45) is 11.3 Å². The maximum absolute atomic E-state index is 13.3. The highest BCUT2D eigenvalue weighted by molar-refractivity contribution is 7.48. The van der Waals surface area contributed by atoms with Crippen LogP contribution in [0.2, 0.25) is 0 Å². The zero-order chi connectivity index (χ0) is 30.3. The summed E-state index contributed by atoms with van der Waals surface area (Å²) in [5.74, 6) is -1.85. The number of nitrogen functional groups attached to an aromatic ring is 1. The van der Waals surface area contributed by atoms with Gasteiger partial charge in [0, 0.05) is 12.0 Å². The van der Waals surface area contributed by atoms with Crippen molar-refractivity contribution in [3.8, 4) is 5.88 Å². The summed E-state index contributed by atoms with van der Waals surface area (Å²) in [7, 11) is -4.02. The number of aldehydes is 1. The predicted molar refractivity (Wildman–Crippen MR) is 145 cm³/mol. The molecule has 0 saturated carbocycles. The van der Waals surface area contributed by atoms with Crippen molar-refractivity contribution < 1.29 is 46.7 Å². The molecule has 3 aliphatic rings. The molecule has 0 aromatic carbocycles. The van der Waals surface area contributed by atoms with E-state index in [1.807, 2.05) is 13.8 Å². The summed E-state index contributed by atoms with van der Waals surface area (Å²) in [4.78, 5) is 37.7. The lowest BCUT2D eigenvalue weighted by molar-refractivity contribution is -0.304. The Labute approximate surface area is 242 Å². The molecule has 0 aliphatic carbocycles. The molecule has 5 heterocycles. The number of nitrogens with zero attached hydrogens (tertiary/aromatic N) is 4. The van der Waals surface area contributed by atoms with Crippen LogP contribution in [0.3, 0.4) is 0 Å². The molecule has 5 rings (SSSR count). The fourth-order valence-corrected chi connectivity index (χ4v) is 6.49. The van der Waals surface area contributed by atoms with Crippen molar-refractivity contribution in [3.05, 3.63) is 6.33 Å². The molecular formula is C25H37N6O10P. The highest BCUT2D eigenvalue weighted by atomic mass is 31.2. The molecular weight excluding hydrogens is 575 g/mol. The van der Waals surface area contributed by atoms with Crippen LogP contribution < -0.4 is 15.8 Å². The molecule has 42 heavy (non-hydrogen) atoms. The average molecular weight is 613 g/mol. The van der Waals surface area contributed by atoms with Crippen molar-refractivity contribution >= 4 is 37.1 Å². The Kier molecular flexibility index (Phi) is 8.60. The van der Waals surface area contributed by atoms with Gasteiger partial charge in [-0.1, -0.05) is 13.8 Å². The van der Waals surface area contributed by atoms with Crippen LogP contribution >= 0.6 is 7.82 Å². The number of rotatable bonds is 10. The van der Waals surface area contributed by atoms with Gasteiger partial charge in [0.2, 0.25) is 17.7 Å². The summed E-state index contributed by atoms with van der Waals surface area (Å²) in [6.45, 7) is 9.91. The molecule has 3 saturated heterocycles. The minimum absolute atomic E-state index is 0.0307. The first kappa shape index (κ1) is 30.7. The Balaban J connectivity index is 1.17. The first-order valence-corrected chi connectivity index (χ1v) is 15.2. The van der Waals surface area contributed by atoms with Gasteiger partial charge in [0.05, 0.1) is 38.7 Å². The van der Waals surface area contributed by atoms with Gasteiger partial charge < -0.3 is 34.8 Å². The number of nitrogens with two attached hydrogens (primary N) is 1. The van der Waals surface area contributed by atoms with Crippen LogP contribution in [0.5, 0.6) is 5.88 Å². The maximum atomic E-state index is 13.3. The Morgan fingerprint density at radius 2 is 2.10 bits per heavy atom. The van der Waals surface area contributed by atoms with Crippen LogP contribution in [0.4, 0.5) is 5.95 Å². The van der Waals surface area contributed by atoms with Gasteiger partial charge in [-0.25, -0.2) is 9.55 Å². The molecule has 0 radical (unpaired) electrons. The third kappa shape index (κ3) is 6.16. The quantitative estimate of drug-likeness (QED) is 0.223. The summed E-state index contributed by atoms with van der Waals surface area (Å²) in [5.41, 5.74) is 6.01. The van der Waals surface area contributed by atoms with Crippen molar-refractivity contribution in [1.82, 2.24) is 24.8 Å². The molecule has 3 N–H and O–H groups in total. The second kappa shape index (κ2) is 11.8. The zero-order valence-corrected chi connectivity index (χ0v) is 25.1. The van der Waals surface area contributed by atoms with Crippen molar-refractivity contribution in [1.29, 1.82) is 0 Å². The topological polar surface area (TPSA) is 197 Å². The lowest BCUT2D eigenvalue weighted by atomic mass is 9.85. The number of anilines is 1. The number of carbonyl (C=O) groups is 2. The van der Waals surface area contributed by atoms with E-state index >= 15 is 0 Å². The molecule has 2 aromatic heterocycles. The van der Waals surface area contributed by atoms with E-state index in [2.05, 4.69) is 20.3 Å². The van der Waals surface area contributed by atoms with Gasteiger partial charge in [-0.15, -0.1) is 0 Å². The SMILES string of the molecule is CCOc1nc(N)nc2c1ncn2C1OC2COP(=O)(OCCCNC(=O)C3OC(C)(C)OCC3(C)C)OC2C1C=O. The molecule has 0 spiro atoms. The number of hydrogen-bond donors (Lipinski definition) is 2. The smallest absolute Gasteiger partial charge is 0.475 e. The largest absolute Gasteiger partial charge is 0.476 e. The Bertz CT molecular complexity index is 1370. The number of phosphoric ester groups is 1. The molecule has 6 atom stereocenters. The fourth-order valence-electron chi connectivity index (χ4n) is 5.04. The molecule has 17 heteroatoms. The highest BCUT2D eigenvalue weighted by Crippen LogP contribution is 2.57. The number of amides is 1. The molecule has 1 amide bonds. The second-order valence-electron chi connectivity index (χ2n) is 11.4. The molecule has 16 nitrogen and oxygen atoms in total. The third-order valence-corrected chi connectivity index (χ3v) is 8.63. The number of ether oxygens (including phenoxy) is 4. The van der Waals surface area contributed by atoms with Gasteiger partial charge in [0.15, 0.2) is 17.0 Å². The van der Waals surface area contributed by atoms with Gasteiger partial charge in [0.1, 0.15) is 30.8 Å². The van der Waals surface area contributed by atoms with Gasteiger partial charge in [-0.2, -0.15) is 9.97 Å². The summed E-state index contributed by atoms with van der Waals surface area (Å²) in [5, 5.41) is 2.83. The van der Waals surface area contributed by atoms with Gasteiger partial charge in [0.25, 0.3) is 0 Å². The molecule has 0 bridgehead atoms. The lowest BCUT2D eigenvalue weighted by Gasteiger charge is -2.44. The summed E-state index contributed by atoms with van der Waals surface area (Å²) >= 11 is 0. The molecule has 2 aromatic rings. The first-order chi connectivity index (χ1) is 19.9. The average Bonchev–Trinajstić information content (AvgIpc) is 3.50. The van der Waals surface area contributed by atoms with Crippen LogP contribution in [0, 0.1) is 11.3 Å². The standard InChI is InChI=1S/C25H37N6O10P/c1-6-35-21-16-19(29-23(26)30-21)31(13-28-16)22-14(10-32)17-15(39-22)11-38-42(34,41-17)37-9-7-8-27-20(33)18-24(2,3)12-36-25(4,5)40-18/h10,13-15,17-18,22H,6-9,11-12H2,1-5H3,(H,27,33)(H2,26,29,30). The van der Waals surface area contributed by atoms with E-state index in [1.54, 1.807) is 20.8 Å². The molecule has 6 unspecified atom stereocenters. The monoisotopic (exact) mass is 612 g/mol. The van der Waals surface area contributed by atoms with Crippen LogP contribution in [0.15, 0.2) is 6.33 Å². The highest BCUT2D eigenvalue weighted by Gasteiger charge is 2.54. The van der Waals surface area contributed by atoms with E-state index in [4.69, 9.17) is 38.3 Å². The van der Waals surface area contributed by atoms with Gasteiger partial charge in [-0.3, -0.25) is 22.9 Å². The number of nitrogens with one attached hydrogen (secondary N) is 1. The van der Waals surface area contributed by atoms with E-state index in [-0.39, 0.29) is 37.5 Å². The minimum Gasteiger partial charge on any atom is -0.476 e. The molecule has 3 aliphatic heterocycles. The van der Waals surface area contributed by atoms with E-state index in [0.717, 1.165) is 0 Å². The maximum Gasteiger partial charge on any atom is 0.475 e. The van der Waals surface area contributed by atoms with E-state index in [0.29, 0.717) is 37.1 Å². The summed E-state index contributed by atoms with van der Waals surface area (Å²) in [6.07, 6.45) is -0.765. The van der Waals surface area contributed by atoms with E-state index in [1.165, 1.54) is 10.9 Å². The normalized spacial score (nSPS) is 31.9. The van der Waals surface area contributed by atoms with Crippen molar-refractivity contribution in [2.75, 3.05) is 38.7 Å². The van der Waals surface area contributed by atoms with Crippen LogP contribution in [0.1, 0.15) is 47.3 Å². The number of hydrogen-bond acceptors (Lipinski definition) is 14. The number of aromatic nitrogens is 4. The molecule has 3 fully saturated rings. The molecule has 232 valence electrons. The van der Waals surface area contributed by atoms with Crippen LogP contribution in [-0.4, -0.2) is 88.8 Å².